The molecule has 0 bridgehead atoms. The number of ether oxygens (including phenoxy) is 1. The highest BCUT2D eigenvalue weighted by atomic mass is 16.5. The van der Waals surface area contributed by atoms with Crippen molar-refractivity contribution in [3.8, 4) is 0 Å². The Labute approximate surface area is 86.6 Å². The molecule has 0 aromatic rings. The number of nitrogens with two attached hydrogens (primary N) is 1. The summed E-state index contributed by atoms with van der Waals surface area (Å²) in [5, 5.41) is 0. The summed E-state index contributed by atoms with van der Waals surface area (Å²) in [6, 6.07) is 0.627. The van der Waals surface area contributed by atoms with E-state index in [4.69, 9.17) is 10.5 Å². The Morgan fingerprint density at radius 1 is 1.43 bits per heavy atom. The predicted molar refractivity (Wildman–Crippen MR) is 57.2 cm³/mol. The number of likely N-dealkylation sites (tertiary alicyclic amines) is 1. The summed E-state index contributed by atoms with van der Waals surface area (Å²) >= 11 is 0. The van der Waals surface area contributed by atoms with Crippen molar-refractivity contribution in [2.45, 2.75) is 50.9 Å². The monoisotopic (exact) mass is 198 g/mol. The quantitative estimate of drug-likeness (QED) is 0.734. The Bertz CT molecular complexity index is 203. The second-order valence-electron chi connectivity index (χ2n) is 5.21. The third-order valence-electron chi connectivity index (χ3n) is 3.53. The summed E-state index contributed by atoms with van der Waals surface area (Å²) < 4.78 is 5.97. The number of hydrogen-bond acceptors (Lipinski definition) is 3. The van der Waals surface area contributed by atoms with Crippen LogP contribution in [0.25, 0.3) is 0 Å². The molecule has 2 heterocycles. The van der Waals surface area contributed by atoms with E-state index in [-0.39, 0.29) is 5.60 Å². The average molecular weight is 198 g/mol. The van der Waals surface area contributed by atoms with Gasteiger partial charge in [0.05, 0.1) is 11.7 Å². The normalized spacial score (nSPS) is 37.1. The molecule has 0 aliphatic carbocycles. The zero-order valence-corrected chi connectivity index (χ0v) is 9.33. The van der Waals surface area contributed by atoms with Crippen LogP contribution in [0.4, 0.5) is 0 Å². The third kappa shape index (κ3) is 2.10. The lowest BCUT2D eigenvalue weighted by molar-refractivity contribution is -0.0463. The van der Waals surface area contributed by atoms with E-state index in [1.54, 1.807) is 0 Å². The number of hydrogen-bond donors (Lipinski definition) is 1. The Balaban J connectivity index is 1.76. The molecular formula is C11H22N2O. The van der Waals surface area contributed by atoms with Gasteiger partial charge in [-0.2, -0.15) is 0 Å². The van der Waals surface area contributed by atoms with Crippen molar-refractivity contribution in [3.63, 3.8) is 0 Å². The molecule has 3 heteroatoms. The molecule has 0 spiro atoms. The highest BCUT2D eigenvalue weighted by molar-refractivity contribution is 4.88. The van der Waals surface area contributed by atoms with Gasteiger partial charge in [0, 0.05) is 25.7 Å². The van der Waals surface area contributed by atoms with Crippen molar-refractivity contribution in [1.82, 2.24) is 4.90 Å². The molecule has 2 atom stereocenters. The zero-order chi connectivity index (χ0) is 10.2. The van der Waals surface area contributed by atoms with E-state index in [0.29, 0.717) is 12.1 Å². The molecule has 0 aromatic carbocycles. The van der Waals surface area contributed by atoms with Crippen LogP contribution in [-0.2, 0) is 4.74 Å². The van der Waals surface area contributed by atoms with Crippen LogP contribution in [0.1, 0.15) is 33.1 Å². The average Bonchev–Trinajstić information content (AvgIpc) is 2.41. The smallest absolute Gasteiger partial charge is 0.0710 e. The fraction of sp³-hybridized carbons (Fsp3) is 1.00. The molecule has 82 valence electrons. The zero-order valence-electron chi connectivity index (χ0n) is 9.33. The molecule has 0 aromatic heterocycles. The third-order valence-corrected chi connectivity index (χ3v) is 3.53. The molecule has 0 amide bonds. The molecule has 14 heavy (non-hydrogen) atoms. The maximum atomic E-state index is 5.97. The first-order valence-corrected chi connectivity index (χ1v) is 5.73. The van der Waals surface area contributed by atoms with E-state index in [1.807, 2.05) is 0 Å². The molecule has 3 nitrogen and oxygen atoms in total. The van der Waals surface area contributed by atoms with Gasteiger partial charge in [-0.05, 0) is 33.1 Å². The molecule has 2 fully saturated rings. The fourth-order valence-corrected chi connectivity index (χ4v) is 2.47. The maximum Gasteiger partial charge on any atom is 0.0710 e. The van der Waals surface area contributed by atoms with Gasteiger partial charge in [0.25, 0.3) is 0 Å². The molecule has 0 saturated carbocycles. The topological polar surface area (TPSA) is 38.5 Å². The highest BCUT2D eigenvalue weighted by Crippen LogP contribution is 2.31. The predicted octanol–water partition coefficient (Wildman–Crippen LogP) is 0.977. The van der Waals surface area contributed by atoms with E-state index in [1.165, 1.54) is 25.8 Å². The lowest BCUT2D eigenvalue weighted by Gasteiger charge is -2.41. The van der Waals surface area contributed by atoms with Crippen LogP contribution in [-0.4, -0.2) is 42.3 Å². The molecule has 2 N–H and O–H groups in total. The summed E-state index contributed by atoms with van der Waals surface area (Å²) in [6.07, 6.45) is 4.12. The fourth-order valence-electron chi connectivity index (χ4n) is 2.47. The van der Waals surface area contributed by atoms with Crippen LogP contribution in [0.3, 0.4) is 0 Å². The first kappa shape index (κ1) is 10.4. The van der Waals surface area contributed by atoms with E-state index < -0.39 is 0 Å². The minimum atomic E-state index is 0.105. The van der Waals surface area contributed by atoms with Crippen molar-refractivity contribution in [3.05, 3.63) is 0 Å². The van der Waals surface area contributed by atoms with Gasteiger partial charge in [-0.3, -0.25) is 4.90 Å². The van der Waals surface area contributed by atoms with Crippen LogP contribution in [0, 0.1) is 0 Å². The Morgan fingerprint density at radius 2 is 2.21 bits per heavy atom. The van der Waals surface area contributed by atoms with Gasteiger partial charge in [0.2, 0.25) is 0 Å². The van der Waals surface area contributed by atoms with Crippen LogP contribution < -0.4 is 5.73 Å². The second-order valence-corrected chi connectivity index (χ2v) is 5.21. The summed E-state index contributed by atoms with van der Waals surface area (Å²) in [5.74, 6) is 0. The minimum Gasteiger partial charge on any atom is -0.371 e. The van der Waals surface area contributed by atoms with Crippen LogP contribution >= 0.6 is 0 Å². The van der Waals surface area contributed by atoms with Crippen molar-refractivity contribution in [2.24, 2.45) is 5.73 Å². The van der Waals surface area contributed by atoms with Crippen molar-refractivity contribution < 1.29 is 4.74 Å². The standard InChI is InChI=1S/C11H22N2O/c1-11(2)5-3-10(14-11)8-13-6-4-9(13)7-12/h9-10H,3-8,12H2,1-2H3. The Morgan fingerprint density at radius 3 is 2.64 bits per heavy atom. The van der Waals surface area contributed by atoms with Crippen LogP contribution in [0.2, 0.25) is 0 Å². The van der Waals surface area contributed by atoms with Gasteiger partial charge in [-0.15, -0.1) is 0 Å². The Hall–Kier alpha value is -0.120. The summed E-state index contributed by atoms with van der Waals surface area (Å²) in [6.45, 7) is 7.47. The summed E-state index contributed by atoms with van der Waals surface area (Å²) in [7, 11) is 0. The largest absolute Gasteiger partial charge is 0.371 e. The van der Waals surface area contributed by atoms with E-state index in [9.17, 15) is 0 Å². The minimum absolute atomic E-state index is 0.105. The molecule has 2 unspecified atom stereocenters. The molecule has 2 aliphatic rings. The van der Waals surface area contributed by atoms with Crippen LogP contribution in [0.15, 0.2) is 0 Å². The Kier molecular flexibility index (Phi) is 2.82. The molecule has 2 saturated heterocycles. The molecule has 0 radical (unpaired) electrons. The summed E-state index contributed by atoms with van der Waals surface area (Å²) in [5.41, 5.74) is 5.77. The lowest BCUT2D eigenvalue weighted by atomic mass is 10.0. The maximum absolute atomic E-state index is 5.97. The van der Waals surface area contributed by atoms with Crippen molar-refractivity contribution in [1.29, 1.82) is 0 Å². The molecule has 2 rings (SSSR count). The number of rotatable bonds is 3. The van der Waals surface area contributed by atoms with Crippen molar-refractivity contribution >= 4 is 0 Å². The lowest BCUT2D eigenvalue weighted by Crippen LogP contribution is -2.54. The highest BCUT2D eigenvalue weighted by Gasteiger charge is 2.35. The van der Waals surface area contributed by atoms with Gasteiger partial charge in [-0.1, -0.05) is 0 Å². The molecule has 2 aliphatic heterocycles. The van der Waals surface area contributed by atoms with Crippen LogP contribution in [0.5, 0.6) is 0 Å². The van der Waals surface area contributed by atoms with Gasteiger partial charge in [0.15, 0.2) is 0 Å². The first-order chi connectivity index (χ1) is 6.61. The SMILES string of the molecule is CC1(C)CCC(CN2CCC2CN)O1. The van der Waals surface area contributed by atoms with Gasteiger partial charge in [0.1, 0.15) is 0 Å². The van der Waals surface area contributed by atoms with E-state index >= 15 is 0 Å². The van der Waals surface area contributed by atoms with E-state index in [0.717, 1.165) is 13.1 Å². The number of nitrogens with zero attached hydrogens (tertiary/aromatic N) is 1. The summed E-state index contributed by atoms with van der Waals surface area (Å²) in [4.78, 5) is 2.46. The van der Waals surface area contributed by atoms with Gasteiger partial charge < -0.3 is 10.5 Å². The van der Waals surface area contributed by atoms with Gasteiger partial charge >= 0.3 is 0 Å². The van der Waals surface area contributed by atoms with Crippen molar-refractivity contribution in [2.75, 3.05) is 19.6 Å². The molecular weight excluding hydrogens is 176 g/mol. The van der Waals surface area contributed by atoms with Gasteiger partial charge in [-0.25, -0.2) is 0 Å². The first-order valence-electron chi connectivity index (χ1n) is 5.73. The second kappa shape index (κ2) is 3.80. The van der Waals surface area contributed by atoms with E-state index in [2.05, 4.69) is 18.7 Å².